The number of ether oxygens (including phenoxy) is 1. The van der Waals surface area contributed by atoms with Crippen LogP contribution in [0.3, 0.4) is 0 Å². The average molecular weight is 274 g/mol. The van der Waals surface area contributed by atoms with Crippen LogP contribution in [0.15, 0.2) is 85.5 Å². The lowest BCUT2D eigenvalue weighted by atomic mass is 10.0. The van der Waals surface area contributed by atoms with Gasteiger partial charge in [0.15, 0.2) is 0 Å². The van der Waals surface area contributed by atoms with Gasteiger partial charge in [-0.3, -0.25) is 0 Å². The molecule has 104 valence electrons. The Morgan fingerprint density at radius 2 is 1.57 bits per heavy atom. The fraction of sp³-hybridized carbons (Fsp3) is 0.100. The first-order chi connectivity index (χ1) is 10.4. The van der Waals surface area contributed by atoms with Crippen LogP contribution in [0.5, 0.6) is 0 Å². The van der Waals surface area contributed by atoms with Crippen molar-refractivity contribution in [3.63, 3.8) is 0 Å². The number of hydrogen-bond donors (Lipinski definition) is 0. The topological polar surface area (TPSA) is 9.23 Å². The summed E-state index contributed by atoms with van der Waals surface area (Å²) >= 11 is 0. The van der Waals surface area contributed by atoms with E-state index in [-0.39, 0.29) is 6.10 Å². The molecule has 0 saturated heterocycles. The first-order valence-electron chi connectivity index (χ1n) is 7.14. The molecular formula is C20H18O. The van der Waals surface area contributed by atoms with Crippen LogP contribution in [-0.4, -0.2) is 0 Å². The maximum atomic E-state index is 6.05. The summed E-state index contributed by atoms with van der Waals surface area (Å²) in [7, 11) is 0. The third kappa shape index (κ3) is 3.04. The molecule has 0 aliphatic heterocycles. The van der Waals surface area contributed by atoms with E-state index in [2.05, 4.69) is 61.2 Å². The van der Waals surface area contributed by atoms with Gasteiger partial charge in [0.25, 0.3) is 0 Å². The van der Waals surface area contributed by atoms with Gasteiger partial charge in [0.05, 0.1) is 6.61 Å². The average Bonchev–Trinajstić information content (AvgIpc) is 2.56. The standard InChI is InChI=1S/C20H18O/c1-2-20(17-10-4-3-5-11-17)21-15-18-13-8-12-16-9-6-7-14-19(16)18/h2-14,20H,1,15H2/t20-/m1/s1. The van der Waals surface area contributed by atoms with E-state index in [1.807, 2.05) is 24.3 Å². The molecule has 21 heavy (non-hydrogen) atoms. The maximum Gasteiger partial charge on any atom is 0.101 e. The van der Waals surface area contributed by atoms with E-state index >= 15 is 0 Å². The van der Waals surface area contributed by atoms with E-state index in [1.165, 1.54) is 16.3 Å². The van der Waals surface area contributed by atoms with Crippen molar-refractivity contribution in [1.29, 1.82) is 0 Å². The van der Waals surface area contributed by atoms with Crippen LogP contribution >= 0.6 is 0 Å². The van der Waals surface area contributed by atoms with Gasteiger partial charge in [-0.15, -0.1) is 6.58 Å². The van der Waals surface area contributed by atoms with Gasteiger partial charge in [-0.1, -0.05) is 78.9 Å². The van der Waals surface area contributed by atoms with Crippen molar-refractivity contribution in [2.75, 3.05) is 0 Å². The summed E-state index contributed by atoms with van der Waals surface area (Å²) in [5.74, 6) is 0. The van der Waals surface area contributed by atoms with Crippen molar-refractivity contribution in [1.82, 2.24) is 0 Å². The second-order valence-electron chi connectivity index (χ2n) is 5.02. The first-order valence-corrected chi connectivity index (χ1v) is 7.14. The van der Waals surface area contributed by atoms with E-state index < -0.39 is 0 Å². The highest BCUT2D eigenvalue weighted by Gasteiger charge is 2.08. The van der Waals surface area contributed by atoms with Gasteiger partial charge < -0.3 is 4.74 Å². The van der Waals surface area contributed by atoms with Gasteiger partial charge in [-0.2, -0.15) is 0 Å². The molecule has 0 heterocycles. The van der Waals surface area contributed by atoms with Crippen LogP contribution in [0.25, 0.3) is 10.8 Å². The largest absolute Gasteiger partial charge is 0.365 e. The van der Waals surface area contributed by atoms with Crippen LogP contribution in [0.4, 0.5) is 0 Å². The van der Waals surface area contributed by atoms with Gasteiger partial charge in [-0.05, 0) is 21.9 Å². The fourth-order valence-electron chi connectivity index (χ4n) is 2.54. The predicted molar refractivity (Wildman–Crippen MR) is 88.1 cm³/mol. The molecule has 1 atom stereocenters. The molecule has 0 unspecified atom stereocenters. The molecule has 1 heteroatoms. The van der Waals surface area contributed by atoms with Gasteiger partial charge in [0, 0.05) is 0 Å². The summed E-state index contributed by atoms with van der Waals surface area (Å²) in [4.78, 5) is 0. The van der Waals surface area contributed by atoms with Crippen LogP contribution < -0.4 is 0 Å². The van der Waals surface area contributed by atoms with Crippen molar-refractivity contribution in [2.45, 2.75) is 12.7 Å². The lowest BCUT2D eigenvalue weighted by Crippen LogP contribution is -2.01. The Hall–Kier alpha value is -2.38. The zero-order valence-electron chi connectivity index (χ0n) is 11.9. The maximum absolute atomic E-state index is 6.05. The molecule has 0 aliphatic rings. The summed E-state index contributed by atoms with van der Waals surface area (Å²) in [5, 5.41) is 2.49. The molecular weight excluding hydrogens is 256 g/mol. The molecule has 3 rings (SSSR count). The summed E-state index contributed by atoms with van der Waals surface area (Å²) in [6, 6.07) is 24.9. The highest BCUT2D eigenvalue weighted by Crippen LogP contribution is 2.23. The molecule has 1 nitrogen and oxygen atoms in total. The Labute approximate surface area is 125 Å². The van der Waals surface area contributed by atoms with Crippen LogP contribution in [0.1, 0.15) is 17.2 Å². The minimum Gasteiger partial charge on any atom is -0.365 e. The molecule has 0 bridgehead atoms. The molecule has 3 aromatic rings. The zero-order valence-corrected chi connectivity index (χ0v) is 11.9. The van der Waals surface area contributed by atoms with E-state index in [1.54, 1.807) is 0 Å². The predicted octanol–water partition coefficient (Wildman–Crippen LogP) is 5.28. The number of fused-ring (bicyclic) bond motifs is 1. The van der Waals surface area contributed by atoms with Gasteiger partial charge in [0.2, 0.25) is 0 Å². The Balaban J connectivity index is 1.81. The number of rotatable bonds is 5. The zero-order chi connectivity index (χ0) is 14.5. The lowest BCUT2D eigenvalue weighted by molar-refractivity contribution is 0.0728. The van der Waals surface area contributed by atoms with E-state index in [0.29, 0.717) is 6.61 Å². The van der Waals surface area contributed by atoms with Crippen molar-refractivity contribution in [3.8, 4) is 0 Å². The third-order valence-corrected chi connectivity index (χ3v) is 3.64. The van der Waals surface area contributed by atoms with E-state index in [0.717, 1.165) is 5.56 Å². The van der Waals surface area contributed by atoms with Gasteiger partial charge in [-0.25, -0.2) is 0 Å². The second kappa shape index (κ2) is 6.38. The molecule has 0 radical (unpaired) electrons. The molecule has 0 aromatic heterocycles. The van der Waals surface area contributed by atoms with Crippen LogP contribution in [0, 0.1) is 0 Å². The minimum atomic E-state index is -0.0785. The van der Waals surface area contributed by atoms with Crippen molar-refractivity contribution in [3.05, 3.63) is 96.6 Å². The Morgan fingerprint density at radius 3 is 2.38 bits per heavy atom. The highest BCUT2D eigenvalue weighted by molar-refractivity contribution is 5.85. The molecule has 0 amide bonds. The molecule has 3 aromatic carbocycles. The summed E-state index contributed by atoms with van der Waals surface area (Å²) in [6.45, 7) is 4.46. The Morgan fingerprint density at radius 1 is 0.857 bits per heavy atom. The van der Waals surface area contributed by atoms with Crippen LogP contribution in [-0.2, 0) is 11.3 Å². The number of hydrogen-bond acceptors (Lipinski definition) is 1. The quantitative estimate of drug-likeness (QED) is 0.575. The Kier molecular flexibility index (Phi) is 4.13. The van der Waals surface area contributed by atoms with Crippen molar-refractivity contribution >= 4 is 10.8 Å². The van der Waals surface area contributed by atoms with Crippen molar-refractivity contribution in [2.24, 2.45) is 0 Å². The lowest BCUT2D eigenvalue weighted by Gasteiger charge is -2.15. The minimum absolute atomic E-state index is 0.0785. The fourth-order valence-corrected chi connectivity index (χ4v) is 2.54. The Bertz CT molecular complexity index is 726. The molecule has 0 N–H and O–H groups in total. The SMILES string of the molecule is C=C[C@@H](OCc1cccc2ccccc12)c1ccccc1. The number of benzene rings is 3. The summed E-state index contributed by atoms with van der Waals surface area (Å²) in [6.07, 6.45) is 1.77. The van der Waals surface area contributed by atoms with Crippen molar-refractivity contribution < 1.29 is 4.74 Å². The van der Waals surface area contributed by atoms with Gasteiger partial charge in [0.1, 0.15) is 6.10 Å². The molecule has 0 aliphatic carbocycles. The first kappa shape index (κ1) is 13.6. The van der Waals surface area contributed by atoms with Crippen LogP contribution in [0.2, 0.25) is 0 Å². The second-order valence-corrected chi connectivity index (χ2v) is 5.02. The molecule has 0 saturated carbocycles. The molecule has 0 spiro atoms. The third-order valence-electron chi connectivity index (χ3n) is 3.64. The molecule has 0 fully saturated rings. The normalized spacial score (nSPS) is 12.2. The smallest absolute Gasteiger partial charge is 0.101 e. The summed E-state index contributed by atoms with van der Waals surface area (Å²) in [5.41, 5.74) is 2.34. The summed E-state index contributed by atoms with van der Waals surface area (Å²) < 4.78 is 6.05. The highest BCUT2D eigenvalue weighted by atomic mass is 16.5. The van der Waals surface area contributed by atoms with E-state index in [9.17, 15) is 0 Å². The van der Waals surface area contributed by atoms with E-state index in [4.69, 9.17) is 4.74 Å². The monoisotopic (exact) mass is 274 g/mol. The van der Waals surface area contributed by atoms with Gasteiger partial charge >= 0.3 is 0 Å².